The van der Waals surface area contributed by atoms with Crippen molar-refractivity contribution in [1.29, 1.82) is 5.26 Å². The normalized spacial score (nSPS) is 11.7. The molecular weight excluding hydrogens is 495 g/mol. The number of nitriles is 1. The fraction of sp³-hybridized carbons (Fsp3) is 0.333. The summed E-state index contributed by atoms with van der Waals surface area (Å²) in [6.07, 6.45) is 3.18. The first-order valence-electron chi connectivity index (χ1n) is 12.8. The van der Waals surface area contributed by atoms with E-state index in [0.29, 0.717) is 23.5 Å². The minimum absolute atomic E-state index is 0.244. The Morgan fingerprint density at radius 2 is 1.43 bits per heavy atom. The number of benzene rings is 3. The highest BCUT2D eigenvalue weighted by Crippen LogP contribution is 2.31. The van der Waals surface area contributed by atoms with Crippen molar-refractivity contribution in [1.82, 2.24) is 0 Å². The average Bonchev–Trinajstić information content (AvgIpc) is 2.84. The van der Waals surface area contributed by atoms with Crippen LogP contribution in [-0.4, -0.2) is 34.3 Å². The quantitative estimate of drug-likeness (QED) is 0.188. The number of ether oxygens (including phenoxy) is 1. The van der Waals surface area contributed by atoms with E-state index in [1.54, 1.807) is 24.3 Å². The zero-order valence-corrected chi connectivity index (χ0v) is 24.5. The van der Waals surface area contributed by atoms with E-state index in [-0.39, 0.29) is 5.56 Å². The second-order valence-electron chi connectivity index (χ2n) is 10.9. The van der Waals surface area contributed by atoms with Gasteiger partial charge in [0, 0.05) is 0 Å². The van der Waals surface area contributed by atoms with Gasteiger partial charge in [0.1, 0.15) is 5.75 Å². The molecule has 194 valence electrons. The van der Waals surface area contributed by atoms with Crippen molar-refractivity contribution in [2.24, 2.45) is 0 Å². The van der Waals surface area contributed by atoms with E-state index < -0.39 is 22.6 Å². The van der Waals surface area contributed by atoms with Gasteiger partial charge in [0.25, 0.3) is 0 Å². The maximum atomic E-state index is 11.9. The monoisotopic (exact) mass is 531 g/mol. The summed E-state index contributed by atoms with van der Waals surface area (Å²) in [7, 11) is -3.10. The molecule has 37 heavy (non-hydrogen) atoms. The molecule has 0 amide bonds. The molecule has 0 atom stereocenters. The minimum Gasteiger partial charge on any atom is -0.494 e. The van der Waals surface area contributed by atoms with Crippen LogP contribution in [0.5, 0.6) is 5.75 Å². The zero-order valence-electron chi connectivity index (χ0n) is 22.5. The van der Waals surface area contributed by atoms with Crippen LogP contribution in [0.1, 0.15) is 35.2 Å². The highest BCUT2D eigenvalue weighted by atomic mass is 28.4. The molecule has 0 aromatic heterocycles. The third-order valence-corrected chi connectivity index (χ3v) is 12.3. The van der Waals surface area contributed by atoms with Crippen molar-refractivity contribution >= 4 is 22.6 Å². The summed E-state index contributed by atoms with van der Waals surface area (Å²) in [6.45, 7) is 12.0. The molecule has 0 unspecified atom stereocenters. The predicted octanol–water partition coefficient (Wildman–Crippen LogP) is 8.20. The molecule has 5 nitrogen and oxygen atoms in total. The Labute approximate surface area is 223 Å². The number of aromatic carboxylic acids is 1. The molecule has 0 heterocycles. The van der Waals surface area contributed by atoms with E-state index in [0.717, 1.165) is 42.0 Å². The van der Waals surface area contributed by atoms with E-state index in [1.807, 2.05) is 42.5 Å². The fourth-order valence-electron chi connectivity index (χ4n) is 4.52. The van der Waals surface area contributed by atoms with Gasteiger partial charge in [-0.2, -0.15) is 5.26 Å². The second kappa shape index (κ2) is 12.4. The molecule has 1 N–H and O–H groups in total. The van der Waals surface area contributed by atoms with Crippen LogP contribution < -0.4 is 4.74 Å². The highest BCUT2D eigenvalue weighted by molar-refractivity contribution is 6.84. The van der Waals surface area contributed by atoms with Crippen LogP contribution in [-0.2, 0) is 4.12 Å². The molecule has 0 fully saturated rings. The van der Waals surface area contributed by atoms with Gasteiger partial charge in [-0.25, -0.2) is 4.79 Å². The molecule has 0 aliphatic rings. The van der Waals surface area contributed by atoms with Gasteiger partial charge < -0.3 is 14.0 Å². The van der Waals surface area contributed by atoms with Crippen molar-refractivity contribution in [2.45, 2.75) is 58.0 Å². The number of carbonyl (C=O) groups is 1. The molecule has 0 saturated heterocycles. The Morgan fingerprint density at radius 1 is 0.838 bits per heavy atom. The standard InChI is InChI=1S/C30H37NO4Si2/c1-36(2,3)35-37(4,5)20-8-6-7-19-34-27-17-18-28(30(32)33)29(21-27)26-15-13-25(14-16-26)24-11-9-23(22-31)10-12-24/h9-18,21H,6-8,19-20H2,1-5H3,(H,32,33). The summed E-state index contributed by atoms with van der Waals surface area (Å²) in [4.78, 5) is 11.9. The van der Waals surface area contributed by atoms with E-state index >= 15 is 0 Å². The molecule has 0 aliphatic heterocycles. The van der Waals surface area contributed by atoms with Crippen LogP contribution in [0.4, 0.5) is 0 Å². The number of hydrogen-bond acceptors (Lipinski definition) is 4. The third-order valence-electron chi connectivity index (χ3n) is 6.04. The number of carboxylic acid groups (broad SMARTS) is 1. The third kappa shape index (κ3) is 8.71. The fourth-order valence-corrected chi connectivity index (χ4v) is 12.7. The summed E-state index contributed by atoms with van der Waals surface area (Å²) in [5.74, 6) is -0.294. The summed E-state index contributed by atoms with van der Waals surface area (Å²) in [5, 5.41) is 18.7. The van der Waals surface area contributed by atoms with Gasteiger partial charge in [-0.05, 0) is 97.8 Å². The lowest BCUT2D eigenvalue weighted by Crippen LogP contribution is -2.42. The van der Waals surface area contributed by atoms with Gasteiger partial charge in [-0.3, -0.25) is 0 Å². The van der Waals surface area contributed by atoms with Crippen LogP contribution in [0.2, 0.25) is 38.8 Å². The number of carboxylic acids is 1. The van der Waals surface area contributed by atoms with Crippen molar-refractivity contribution in [2.75, 3.05) is 6.61 Å². The van der Waals surface area contributed by atoms with Crippen LogP contribution in [0.3, 0.4) is 0 Å². The second-order valence-corrected chi connectivity index (χ2v) is 20.0. The summed E-state index contributed by atoms with van der Waals surface area (Å²) in [6, 6.07) is 23.6. The first kappa shape index (κ1) is 28.4. The molecule has 3 rings (SSSR count). The maximum absolute atomic E-state index is 11.9. The van der Waals surface area contributed by atoms with E-state index in [9.17, 15) is 9.90 Å². The lowest BCUT2D eigenvalue weighted by atomic mass is 9.96. The smallest absolute Gasteiger partial charge is 0.336 e. The van der Waals surface area contributed by atoms with E-state index in [1.165, 1.54) is 0 Å². The molecule has 7 heteroatoms. The van der Waals surface area contributed by atoms with Crippen LogP contribution in [0.15, 0.2) is 66.7 Å². The van der Waals surface area contributed by atoms with Gasteiger partial charge in [0.15, 0.2) is 16.6 Å². The summed E-state index contributed by atoms with van der Waals surface area (Å²) in [5.41, 5.74) is 4.30. The Morgan fingerprint density at radius 3 is 2.00 bits per heavy atom. The van der Waals surface area contributed by atoms with Crippen molar-refractivity contribution in [3.05, 3.63) is 77.9 Å². The molecule has 0 bridgehead atoms. The molecule has 0 spiro atoms. The topological polar surface area (TPSA) is 79.6 Å². The van der Waals surface area contributed by atoms with Gasteiger partial charge >= 0.3 is 5.97 Å². The lowest BCUT2D eigenvalue weighted by Gasteiger charge is -2.31. The number of rotatable bonds is 12. The minimum atomic E-state index is -1.60. The van der Waals surface area contributed by atoms with Crippen LogP contribution in [0, 0.1) is 11.3 Å². The molecule has 0 saturated carbocycles. The molecule has 3 aromatic rings. The maximum Gasteiger partial charge on any atom is 0.336 e. The molecule has 3 aromatic carbocycles. The predicted molar refractivity (Wildman–Crippen MR) is 155 cm³/mol. The highest BCUT2D eigenvalue weighted by Gasteiger charge is 2.28. The molecule has 0 radical (unpaired) electrons. The van der Waals surface area contributed by atoms with Crippen molar-refractivity contribution in [3.63, 3.8) is 0 Å². The van der Waals surface area contributed by atoms with Gasteiger partial charge in [-0.15, -0.1) is 0 Å². The Bertz CT molecular complexity index is 1240. The number of unbranched alkanes of at least 4 members (excludes halogenated alkanes) is 2. The zero-order chi connectivity index (χ0) is 27.1. The summed E-state index contributed by atoms with van der Waals surface area (Å²) >= 11 is 0. The SMILES string of the molecule is C[Si](C)(C)O[Si](C)(C)CCCCCOc1ccc(C(=O)O)c(-c2ccc(-c3ccc(C#N)cc3)cc2)c1. The molecule has 0 aliphatic carbocycles. The number of nitrogens with zero attached hydrogens (tertiary/aromatic N) is 1. The van der Waals surface area contributed by atoms with E-state index in [4.69, 9.17) is 14.1 Å². The first-order chi connectivity index (χ1) is 17.5. The van der Waals surface area contributed by atoms with Gasteiger partial charge in [0.05, 0.1) is 23.8 Å². The van der Waals surface area contributed by atoms with Gasteiger partial charge in [-0.1, -0.05) is 49.2 Å². The largest absolute Gasteiger partial charge is 0.494 e. The van der Waals surface area contributed by atoms with Crippen molar-refractivity contribution in [3.8, 4) is 34.1 Å². The summed E-state index contributed by atoms with van der Waals surface area (Å²) < 4.78 is 12.4. The lowest BCUT2D eigenvalue weighted by molar-refractivity contribution is 0.0697. The van der Waals surface area contributed by atoms with E-state index in [2.05, 4.69) is 38.8 Å². The Hall–Kier alpha value is -3.19. The van der Waals surface area contributed by atoms with Gasteiger partial charge in [0.2, 0.25) is 0 Å². The van der Waals surface area contributed by atoms with Crippen molar-refractivity contribution < 1.29 is 18.8 Å². The number of hydrogen-bond donors (Lipinski definition) is 1. The Kier molecular flexibility index (Phi) is 9.49. The average molecular weight is 532 g/mol. The Balaban J connectivity index is 1.62. The van der Waals surface area contributed by atoms with Crippen LogP contribution >= 0.6 is 0 Å². The molecular formula is C30H37NO4Si2. The first-order valence-corrected chi connectivity index (χ1v) is 19.3. The van der Waals surface area contributed by atoms with Crippen LogP contribution in [0.25, 0.3) is 22.3 Å².